The Morgan fingerprint density at radius 3 is 2.75 bits per heavy atom. The Balaban J connectivity index is 2.18. The van der Waals surface area contributed by atoms with Crippen LogP contribution < -0.4 is 4.90 Å². The number of halogens is 1. The van der Waals surface area contributed by atoms with Crippen LogP contribution in [0.4, 0.5) is 10.1 Å². The summed E-state index contributed by atoms with van der Waals surface area (Å²) in [5, 5.41) is 9.00. The summed E-state index contributed by atoms with van der Waals surface area (Å²) in [4.78, 5) is 26.2. The highest BCUT2D eigenvalue weighted by Gasteiger charge is 2.38. The average Bonchev–Trinajstić information content (AvgIpc) is 2.79. The summed E-state index contributed by atoms with van der Waals surface area (Å²) in [6.07, 6.45) is 0.487. The van der Waals surface area contributed by atoms with Crippen molar-refractivity contribution in [1.29, 1.82) is 0 Å². The Hall–Kier alpha value is -1.95. The number of hydrogen-bond donors (Lipinski definition) is 1. The highest BCUT2D eigenvalue weighted by atomic mass is 19.1. The lowest BCUT2D eigenvalue weighted by molar-refractivity contribution is -0.143. The third-order valence-electron chi connectivity index (χ3n) is 3.78. The van der Waals surface area contributed by atoms with Gasteiger partial charge >= 0.3 is 5.97 Å². The Kier molecular flexibility index (Phi) is 4.04. The quantitative estimate of drug-likeness (QED) is 0.904. The molecule has 1 heterocycles. The van der Waals surface area contributed by atoms with E-state index in [1.807, 2.05) is 0 Å². The maximum Gasteiger partial charge on any atom is 0.320 e. The zero-order valence-corrected chi connectivity index (χ0v) is 11.4. The molecule has 1 saturated heterocycles. The molecule has 1 fully saturated rings. The van der Waals surface area contributed by atoms with Crippen molar-refractivity contribution in [1.82, 2.24) is 4.90 Å². The number of anilines is 1. The number of carbonyl (C=O) groups excluding carboxylic acids is 1. The van der Waals surface area contributed by atoms with Gasteiger partial charge in [-0.3, -0.25) is 14.5 Å². The second kappa shape index (κ2) is 5.58. The Labute approximate surface area is 116 Å². The minimum Gasteiger partial charge on any atom is -0.480 e. The number of amides is 1. The molecule has 5 nitrogen and oxygen atoms in total. The summed E-state index contributed by atoms with van der Waals surface area (Å²) in [5.41, 5.74) is 0.247. The molecule has 1 aromatic rings. The number of carbonyl (C=O) groups is 2. The summed E-state index contributed by atoms with van der Waals surface area (Å²) in [5.74, 6) is -1.69. The number of aliphatic carboxylic acids is 1. The third-order valence-corrected chi connectivity index (χ3v) is 3.78. The molecule has 0 saturated carbocycles. The molecular formula is C14H17FN2O3. The molecule has 0 aromatic heterocycles. The maximum absolute atomic E-state index is 13.7. The molecule has 6 heteroatoms. The molecule has 2 rings (SSSR count). The molecule has 0 aliphatic carbocycles. The van der Waals surface area contributed by atoms with Crippen LogP contribution in [0.2, 0.25) is 0 Å². The molecule has 108 valence electrons. The Morgan fingerprint density at radius 1 is 1.50 bits per heavy atom. The lowest BCUT2D eigenvalue weighted by Crippen LogP contribution is -2.47. The van der Waals surface area contributed by atoms with Gasteiger partial charge in [-0.05, 0) is 32.5 Å². The highest BCUT2D eigenvalue weighted by Crippen LogP contribution is 2.26. The number of likely N-dealkylation sites (N-methyl/N-ethyl adjacent to an activating group) is 1. The van der Waals surface area contributed by atoms with Crippen LogP contribution in [-0.4, -0.2) is 47.6 Å². The monoisotopic (exact) mass is 280 g/mol. The fourth-order valence-corrected chi connectivity index (χ4v) is 2.40. The van der Waals surface area contributed by atoms with Gasteiger partial charge in [-0.25, -0.2) is 4.39 Å². The van der Waals surface area contributed by atoms with Crippen LogP contribution in [-0.2, 0) is 9.59 Å². The zero-order valence-electron chi connectivity index (χ0n) is 11.4. The number of carboxylic acid groups (broad SMARTS) is 1. The second-order valence-electron chi connectivity index (χ2n) is 4.93. The lowest BCUT2D eigenvalue weighted by Gasteiger charge is -2.27. The SMILES string of the molecule is C[C@@H](C(=O)O)N(C)[C@@H]1CCN(c2ccccc2F)C1=O. The molecule has 1 aromatic carbocycles. The van der Waals surface area contributed by atoms with Crippen LogP contribution in [0, 0.1) is 5.82 Å². The van der Waals surface area contributed by atoms with Crippen molar-refractivity contribution in [3.8, 4) is 0 Å². The summed E-state index contributed by atoms with van der Waals surface area (Å²) in [6, 6.07) is 4.80. The Morgan fingerprint density at radius 2 is 2.15 bits per heavy atom. The number of nitrogens with zero attached hydrogens (tertiary/aromatic N) is 2. The van der Waals surface area contributed by atoms with E-state index in [1.54, 1.807) is 25.2 Å². The van der Waals surface area contributed by atoms with Crippen molar-refractivity contribution in [2.75, 3.05) is 18.5 Å². The van der Waals surface area contributed by atoms with Gasteiger partial charge in [0.05, 0.1) is 11.7 Å². The lowest BCUT2D eigenvalue weighted by atomic mass is 10.1. The van der Waals surface area contributed by atoms with E-state index in [9.17, 15) is 14.0 Å². The molecule has 1 aliphatic rings. The van der Waals surface area contributed by atoms with Crippen LogP contribution in [0.3, 0.4) is 0 Å². The predicted molar refractivity (Wildman–Crippen MR) is 72.0 cm³/mol. The summed E-state index contributed by atoms with van der Waals surface area (Å²) < 4.78 is 13.7. The van der Waals surface area contributed by atoms with E-state index in [0.717, 1.165) is 0 Å². The molecule has 1 aliphatic heterocycles. The topological polar surface area (TPSA) is 60.9 Å². The van der Waals surface area contributed by atoms with Gasteiger partial charge in [0.25, 0.3) is 0 Å². The normalized spacial score (nSPS) is 20.5. The van der Waals surface area contributed by atoms with Crippen molar-refractivity contribution in [3.05, 3.63) is 30.1 Å². The van der Waals surface area contributed by atoms with E-state index < -0.39 is 23.9 Å². The highest BCUT2D eigenvalue weighted by molar-refractivity contribution is 5.99. The number of rotatable bonds is 4. The molecule has 0 unspecified atom stereocenters. The first kappa shape index (κ1) is 14.5. The minimum absolute atomic E-state index is 0.247. The summed E-state index contributed by atoms with van der Waals surface area (Å²) in [7, 11) is 1.60. The molecule has 2 atom stereocenters. The van der Waals surface area contributed by atoms with Crippen LogP contribution in [0.5, 0.6) is 0 Å². The fourth-order valence-electron chi connectivity index (χ4n) is 2.40. The van der Waals surface area contributed by atoms with Gasteiger partial charge < -0.3 is 10.0 Å². The molecule has 1 N–H and O–H groups in total. The van der Waals surface area contributed by atoms with E-state index in [1.165, 1.54) is 22.8 Å². The van der Waals surface area contributed by atoms with Crippen LogP contribution in [0.25, 0.3) is 0 Å². The van der Waals surface area contributed by atoms with Crippen LogP contribution in [0.15, 0.2) is 24.3 Å². The zero-order chi connectivity index (χ0) is 14.9. The van der Waals surface area contributed by atoms with Crippen molar-refractivity contribution >= 4 is 17.6 Å². The van der Waals surface area contributed by atoms with Gasteiger partial charge in [0.2, 0.25) is 5.91 Å². The minimum atomic E-state index is -0.982. The Bertz CT molecular complexity index is 535. The van der Waals surface area contributed by atoms with Crippen LogP contribution in [0.1, 0.15) is 13.3 Å². The molecule has 0 bridgehead atoms. The summed E-state index contributed by atoms with van der Waals surface area (Å²) in [6.45, 7) is 1.92. The van der Waals surface area contributed by atoms with Gasteiger partial charge in [-0.15, -0.1) is 0 Å². The smallest absolute Gasteiger partial charge is 0.320 e. The van der Waals surface area contributed by atoms with E-state index >= 15 is 0 Å². The van der Waals surface area contributed by atoms with Crippen LogP contribution >= 0.6 is 0 Å². The predicted octanol–water partition coefficient (Wildman–Crippen LogP) is 1.34. The van der Waals surface area contributed by atoms with Crippen molar-refractivity contribution in [3.63, 3.8) is 0 Å². The van der Waals surface area contributed by atoms with E-state index in [0.29, 0.717) is 13.0 Å². The standard InChI is InChI=1S/C14H17FN2O3/c1-9(14(19)20)16(2)12-7-8-17(13(12)18)11-6-4-3-5-10(11)15/h3-6,9,12H,7-8H2,1-2H3,(H,19,20)/t9-,12+/m0/s1. The first-order valence-electron chi connectivity index (χ1n) is 6.44. The average molecular weight is 280 g/mol. The van der Waals surface area contributed by atoms with Gasteiger partial charge in [-0.2, -0.15) is 0 Å². The number of hydrogen-bond acceptors (Lipinski definition) is 3. The first-order valence-corrected chi connectivity index (χ1v) is 6.44. The number of benzene rings is 1. The third kappa shape index (κ3) is 2.51. The first-order chi connectivity index (χ1) is 9.43. The number of para-hydroxylation sites is 1. The maximum atomic E-state index is 13.7. The molecule has 1 amide bonds. The largest absolute Gasteiger partial charge is 0.480 e. The second-order valence-corrected chi connectivity index (χ2v) is 4.93. The fraction of sp³-hybridized carbons (Fsp3) is 0.429. The number of carboxylic acids is 1. The van der Waals surface area contributed by atoms with Crippen molar-refractivity contribution in [2.24, 2.45) is 0 Å². The van der Waals surface area contributed by atoms with Gasteiger partial charge in [-0.1, -0.05) is 12.1 Å². The molecular weight excluding hydrogens is 263 g/mol. The van der Waals surface area contributed by atoms with E-state index in [-0.39, 0.29) is 11.6 Å². The van der Waals surface area contributed by atoms with E-state index in [2.05, 4.69) is 0 Å². The van der Waals surface area contributed by atoms with E-state index in [4.69, 9.17) is 5.11 Å². The molecule has 20 heavy (non-hydrogen) atoms. The van der Waals surface area contributed by atoms with Crippen molar-refractivity contribution in [2.45, 2.75) is 25.4 Å². The summed E-state index contributed by atoms with van der Waals surface area (Å²) >= 11 is 0. The molecule has 0 radical (unpaired) electrons. The van der Waals surface area contributed by atoms with Crippen molar-refractivity contribution < 1.29 is 19.1 Å². The molecule has 0 spiro atoms. The van der Waals surface area contributed by atoms with Gasteiger partial charge in [0, 0.05) is 6.54 Å². The van der Waals surface area contributed by atoms with Gasteiger partial charge in [0.15, 0.2) is 0 Å². The van der Waals surface area contributed by atoms with Gasteiger partial charge in [0.1, 0.15) is 11.9 Å².